The number of ether oxygens (including phenoxy) is 1. The Labute approximate surface area is 117 Å². The zero-order valence-electron chi connectivity index (χ0n) is 10.6. The molecule has 0 saturated carbocycles. The lowest BCUT2D eigenvalue weighted by molar-refractivity contribution is 0.372. The summed E-state index contributed by atoms with van der Waals surface area (Å²) < 4.78 is 5.18. The van der Waals surface area contributed by atoms with Crippen LogP contribution in [0.2, 0.25) is 0 Å². The van der Waals surface area contributed by atoms with Crippen LogP contribution in [0.15, 0.2) is 45.4 Å². The molecule has 8 nitrogen and oxygen atoms in total. The number of pyridine rings is 1. The summed E-state index contributed by atoms with van der Waals surface area (Å²) in [5.74, 6) is -1.03. The Kier molecular flexibility index (Phi) is 2.80. The smallest absolute Gasteiger partial charge is 0.328 e. The van der Waals surface area contributed by atoms with Crippen molar-refractivity contribution in [3.8, 4) is 11.9 Å². The molecular formula is C13H9N5O3. The lowest BCUT2D eigenvalue weighted by Gasteiger charge is -2.23. The molecule has 104 valence electrons. The highest BCUT2D eigenvalue weighted by Gasteiger charge is 2.34. The fourth-order valence-electron chi connectivity index (χ4n) is 2.23. The zero-order valence-corrected chi connectivity index (χ0v) is 10.6. The zero-order chi connectivity index (χ0) is 15.0. The monoisotopic (exact) mass is 283 g/mol. The van der Waals surface area contributed by atoms with Crippen molar-refractivity contribution < 1.29 is 4.74 Å². The lowest BCUT2D eigenvalue weighted by Crippen LogP contribution is -2.33. The first kappa shape index (κ1) is 12.7. The van der Waals surface area contributed by atoms with E-state index in [-0.39, 0.29) is 22.9 Å². The standard InChI is InChI=1S/C13H9N5O3/c14-5-6-8(7-3-1-2-4-16-7)9-11(19)17-13(20)18-12(9)21-10(6)15/h1-4,8H,15H2,(H2,17,18,19,20). The van der Waals surface area contributed by atoms with Crippen molar-refractivity contribution in [3.05, 3.63) is 67.9 Å². The van der Waals surface area contributed by atoms with Crippen molar-refractivity contribution in [3.63, 3.8) is 0 Å². The third kappa shape index (κ3) is 1.97. The number of nitrogens with one attached hydrogen (secondary N) is 2. The highest BCUT2D eigenvalue weighted by atomic mass is 16.5. The van der Waals surface area contributed by atoms with Gasteiger partial charge in [0.05, 0.1) is 17.2 Å². The minimum atomic E-state index is -0.791. The molecule has 21 heavy (non-hydrogen) atoms. The largest absolute Gasteiger partial charge is 0.424 e. The van der Waals surface area contributed by atoms with Crippen LogP contribution in [-0.2, 0) is 0 Å². The van der Waals surface area contributed by atoms with Gasteiger partial charge in [0.2, 0.25) is 11.8 Å². The highest BCUT2D eigenvalue weighted by Crippen LogP contribution is 2.37. The van der Waals surface area contributed by atoms with Crippen molar-refractivity contribution in [2.75, 3.05) is 0 Å². The fraction of sp³-hybridized carbons (Fsp3) is 0.0769. The average Bonchev–Trinajstić information content (AvgIpc) is 2.46. The van der Waals surface area contributed by atoms with Crippen molar-refractivity contribution in [2.45, 2.75) is 5.92 Å². The van der Waals surface area contributed by atoms with Gasteiger partial charge >= 0.3 is 5.69 Å². The third-order valence-corrected chi connectivity index (χ3v) is 3.10. The van der Waals surface area contributed by atoms with E-state index in [0.29, 0.717) is 5.69 Å². The normalized spacial score (nSPS) is 16.8. The van der Waals surface area contributed by atoms with Crippen LogP contribution in [-0.4, -0.2) is 15.0 Å². The molecule has 0 aromatic carbocycles. The maximum Gasteiger partial charge on any atom is 0.328 e. The van der Waals surface area contributed by atoms with Crippen LogP contribution >= 0.6 is 0 Å². The molecule has 1 unspecified atom stereocenters. The summed E-state index contributed by atoms with van der Waals surface area (Å²) in [6.45, 7) is 0. The molecule has 2 aromatic heterocycles. The second-order valence-electron chi connectivity index (χ2n) is 4.33. The van der Waals surface area contributed by atoms with Gasteiger partial charge in [-0.15, -0.1) is 0 Å². The van der Waals surface area contributed by atoms with E-state index in [0.717, 1.165) is 0 Å². The number of nitriles is 1. The van der Waals surface area contributed by atoms with Gasteiger partial charge in [-0.1, -0.05) is 6.07 Å². The Morgan fingerprint density at radius 1 is 1.33 bits per heavy atom. The quantitative estimate of drug-likeness (QED) is 0.655. The molecule has 0 saturated heterocycles. The van der Waals surface area contributed by atoms with Crippen LogP contribution in [0.3, 0.4) is 0 Å². The summed E-state index contributed by atoms with van der Waals surface area (Å²) in [7, 11) is 0. The molecule has 3 heterocycles. The van der Waals surface area contributed by atoms with E-state index in [1.165, 1.54) is 6.20 Å². The van der Waals surface area contributed by atoms with Gasteiger partial charge in [0.1, 0.15) is 11.6 Å². The van der Waals surface area contributed by atoms with Crippen LogP contribution in [0.1, 0.15) is 17.2 Å². The van der Waals surface area contributed by atoms with Crippen molar-refractivity contribution in [1.29, 1.82) is 5.26 Å². The lowest BCUT2D eigenvalue weighted by atomic mass is 9.88. The minimum absolute atomic E-state index is 0.0683. The van der Waals surface area contributed by atoms with Gasteiger partial charge in [0, 0.05) is 6.20 Å². The van der Waals surface area contributed by atoms with Gasteiger partial charge in [-0.25, -0.2) is 4.79 Å². The molecule has 1 aliphatic heterocycles. The first-order valence-electron chi connectivity index (χ1n) is 5.97. The molecule has 3 rings (SSSR count). The topological polar surface area (TPSA) is 138 Å². The summed E-state index contributed by atoms with van der Waals surface area (Å²) in [4.78, 5) is 32.0. The molecule has 0 bridgehead atoms. The van der Waals surface area contributed by atoms with Gasteiger partial charge < -0.3 is 10.5 Å². The van der Waals surface area contributed by atoms with Crippen LogP contribution < -0.4 is 21.7 Å². The number of H-pyrrole nitrogens is 2. The van der Waals surface area contributed by atoms with Crippen LogP contribution in [0.4, 0.5) is 0 Å². The SMILES string of the molecule is N#CC1=C(N)Oc2[nH]c(=O)[nH]c(=O)c2C1c1ccccn1. The number of allylic oxidation sites excluding steroid dienone is 1. The van der Waals surface area contributed by atoms with E-state index in [1.54, 1.807) is 18.2 Å². The summed E-state index contributed by atoms with van der Waals surface area (Å²) >= 11 is 0. The predicted octanol–water partition coefficient (Wildman–Crippen LogP) is -0.324. The molecule has 2 aromatic rings. The van der Waals surface area contributed by atoms with Gasteiger partial charge in [-0.05, 0) is 12.1 Å². The molecule has 1 aliphatic rings. The Balaban J connectivity index is 2.34. The second-order valence-corrected chi connectivity index (χ2v) is 4.33. The van der Waals surface area contributed by atoms with Crippen molar-refractivity contribution >= 4 is 0 Å². The van der Waals surface area contributed by atoms with Crippen molar-refractivity contribution in [2.24, 2.45) is 5.73 Å². The molecule has 0 spiro atoms. The maximum atomic E-state index is 12.1. The molecule has 0 radical (unpaired) electrons. The van der Waals surface area contributed by atoms with Gasteiger partial charge in [0.25, 0.3) is 5.56 Å². The molecule has 4 N–H and O–H groups in total. The Bertz CT molecular complexity index is 889. The number of fused-ring (bicyclic) bond motifs is 1. The van der Waals surface area contributed by atoms with E-state index < -0.39 is 17.2 Å². The summed E-state index contributed by atoms with van der Waals surface area (Å²) in [5.41, 5.74) is 4.96. The summed E-state index contributed by atoms with van der Waals surface area (Å²) in [6, 6.07) is 7.02. The minimum Gasteiger partial charge on any atom is -0.424 e. The number of aromatic nitrogens is 3. The number of hydrogen-bond acceptors (Lipinski definition) is 6. The van der Waals surface area contributed by atoms with E-state index >= 15 is 0 Å². The van der Waals surface area contributed by atoms with E-state index in [9.17, 15) is 14.9 Å². The molecular weight excluding hydrogens is 274 g/mol. The van der Waals surface area contributed by atoms with E-state index in [4.69, 9.17) is 10.5 Å². The van der Waals surface area contributed by atoms with Crippen LogP contribution in [0.25, 0.3) is 0 Å². The molecule has 0 amide bonds. The molecule has 8 heteroatoms. The molecule has 0 aliphatic carbocycles. The van der Waals surface area contributed by atoms with Crippen molar-refractivity contribution in [1.82, 2.24) is 15.0 Å². The number of aromatic amines is 2. The second kappa shape index (κ2) is 4.64. The number of rotatable bonds is 1. The number of hydrogen-bond donors (Lipinski definition) is 3. The first-order valence-corrected chi connectivity index (χ1v) is 5.97. The number of nitrogens with two attached hydrogens (primary N) is 1. The Morgan fingerprint density at radius 2 is 2.14 bits per heavy atom. The predicted molar refractivity (Wildman–Crippen MR) is 71.2 cm³/mol. The van der Waals surface area contributed by atoms with Gasteiger partial charge in [-0.3, -0.25) is 19.7 Å². The summed E-state index contributed by atoms with van der Waals surface area (Å²) in [6.07, 6.45) is 1.54. The third-order valence-electron chi connectivity index (χ3n) is 3.10. The summed E-state index contributed by atoms with van der Waals surface area (Å²) in [5, 5.41) is 9.28. The maximum absolute atomic E-state index is 12.1. The fourth-order valence-corrected chi connectivity index (χ4v) is 2.23. The van der Waals surface area contributed by atoms with E-state index in [1.807, 2.05) is 6.07 Å². The van der Waals surface area contributed by atoms with Crippen LogP contribution in [0.5, 0.6) is 5.88 Å². The van der Waals surface area contributed by atoms with E-state index in [2.05, 4.69) is 15.0 Å². The Hall–Kier alpha value is -3.34. The van der Waals surface area contributed by atoms with Gasteiger partial charge in [0.15, 0.2) is 0 Å². The highest BCUT2D eigenvalue weighted by molar-refractivity contribution is 5.50. The molecule has 1 atom stereocenters. The Morgan fingerprint density at radius 3 is 2.81 bits per heavy atom. The first-order chi connectivity index (χ1) is 10.1. The average molecular weight is 283 g/mol. The number of nitrogens with zero attached hydrogens (tertiary/aromatic N) is 2. The molecule has 0 fully saturated rings. The van der Waals surface area contributed by atoms with Crippen LogP contribution in [0, 0.1) is 11.3 Å². The van der Waals surface area contributed by atoms with Gasteiger partial charge in [-0.2, -0.15) is 5.26 Å².